The highest BCUT2D eigenvalue weighted by molar-refractivity contribution is 7.84. The summed E-state index contributed by atoms with van der Waals surface area (Å²) in [7, 11) is -0.920. The van der Waals surface area contributed by atoms with Crippen LogP contribution in [0.25, 0.3) is 11.0 Å². The van der Waals surface area contributed by atoms with Crippen LogP contribution in [-0.2, 0) is 10.8 Å². The molecule has 2 rings (SSSR count). The predicted octanol–water partition coefficient (Wildman–Crippen LogP) is 0.912. The fraction of sp³-hybridized carbons (Fsp3) is 0.364. The molecule has 0 aliphatic carbocycles. The summed E-state index contributed by atoms with van der Waals surface area (Å²) < 4.78 is 21.5. The van der Waals surface area contributed by atoms with E-state index < -0.39 is 10.8 Å². The van der Waals surface area contributed by atoms with E-state index in [2.05, 4.69) is 5.16 Å². The Hall–Kier alpha value is -1.40. The van der Waals surface area contributed by atoms with Gasteiger partial charge in [0.2, 0.25) is 0 Å². The highest BCUT2D eigenvalue weighted by Crippen LogP contribution is 2.23. The van der Waals surface area contributed by atoms with Gasteiger partial charge in [0.05, 0.1) is 11.4 Å². The molecule has 0 radical (unpaired) electrons. The zero-order valence-corrected chi connectivity index (χ0v) is 10.3. The maximum Gasteiger partial charge on any atom is 0.262 e. The second-order valence-corrected chi connectivity index (χ2v) is 5.27. The number of para-hydroxylation sites is 1. The third kappa shape index (κ3) is 3.04. The van der Waals surface area contributed by atoms with Crippen LogP contribution in [0.2, 0.25) is 0 Å². The molecule has 0 bridgehead atoms. The van der Waals surface area contributed by atoms with Crippen molar-refractivity contribution in [2.75, 3.05) is 18.6 Å². The summed E-state index contributed by atoms with van der Waals surface area (Å²) in [5.74, 6) is 0.841. The van der Waals surface area contributed by atoms with Crippen molar-refractivity contribution in [3.63, 3.8) is 0 Å². The minimum absolute atomic E-state index is 0.267. The second-order valence-electron chi connectivity index (χ2n) is 3.79. The van der Waals surface area contributed by atoms with Crippen molar-refractivity contribution in [1.82, 2.24) is 5.16 Å². The van der Waals surface area contributed by atoms with Crippen molar-refractivity contribution >= 4 is 21.8 Å². The number of nitrogens with two attached hydrogens (primary N) is 1. The van der Waals surface area contributed by atoms with Gasteiger partial charge in [-0.1, -0.05) is 12.1 Å². The van der Waals surface area contributed by atoms with Crippen molar-refractivity contribution in [3.05, 3.63) is 24.3 Å². The van der Waals surface area contributed by atoms with Crippen LogP contribution in [0, 0.1) is 0 Å². The SMILES string of the molecule is CS(=O)CC(N)COc1noc2ccccc12. The molecule has 2 atom stereocenters. The van der Waals surface area contributed by atoms with E-state index in [-0.39, 0.29) is 12.6 Å². The number of rotatable bonds is 5. The van der Waals surface area contributed by atoms with Crippen molar-refractivity contribution in [2.24, 2.45) is 5.73 Å². The van der Waals surface area contributed by atoms with Gasteiger partial charge in [-0.3, -0.25) is 4.21 Å². The molecule has 17 heavy (non-hydrogen) atoms. The van der Waals surface area contributed by atoms with Gasteiger partial charge in [-0.05, 0) is 17.3 Å². The zero-order chi connectivity index (χ0) is 12.3. The third-order valence-electron chi connectivity index (χ3n) is 2.23. The second kappa shape index (κ2) is 5.29. The minimum Gasteiger partial charge on any atom is -0.473 e. The van der Waals surface area contributed by atoms with Crippen LogP contribution < -0.4 is 10.5 Å². The van der Waals surface area contributed by atoms with Crippen LogP contribution in [-0.4, -0.2) is 34.0 Å². The van der Waals surface area contributed by atoms with Crippen LogP contribution in [0.3, 0.4) is 0 Å². The Morgan fingerprint density at radius 1 is 1.53 bits per heavy atom. The predicted molar refractivity (Wildman–Crippen MR) is 66.4 cm³/mol. The average molecular weight is 254 g/mol. The lowest BCUT2D eigenvalue weighted by Gasteiger charge is -2.09. The number of hydrogen-bond acceptors (Lipinski definition) is 5. The summed E-state index contributed by atoms with van der Waals surface area (Å²) in [6.45, 7) is 0.274. The number of hydrogen-bond donors (Lipinski definition) is 1. The van der Waals surface area contributed by atoms with Crippen molar-refractivity contribution < 1.29 is 13.5 Å². The molecule has 2 unspecified atom stereocenters. The van der Waals surface area contributed by atoms with E-state index in [9.17, 15) is 4.21 Å². The van der Waals surface area contributed by atoms with Crippen molar-refractivity contribution in [1.29, 1.82) is 0 Å². The fourth-order valence-corrected chi connectivity index (χ4v) is 2.20. The highest BCUT2D eigenvalue weighted by Gasteiger charge is 2.11. The molecule has 2 aromatic rings. The summed E-state index contributed by atoms with van der Waals surface area (Å²) >= 11 is 0. The van der Waals surface area contributed by atoms with E-state index >= 15 is 0 Å². The molecule has 6 heteroatoms. The van der Waals surface area contributed by atoms with Gasteiger partial charge >= 0.3 is 0 Å². The lowest BCUT2D eigenvalue weighted by molar-refractivity contribution is 0.269. The molecule has 0 saturated carbocycles. The maximum absolute atomic E-state index is 11.0. The van der Waals surface area contributed by atoms with E-state index in [1.807, 2.05) is 24.3 Å². The van der Waals surface area contributed by atoms with Crippen LogP contribution in [0.15, 0.2) is 28.8 Å². The van der Waals surface area contributed by atoms with Crippen LogP contribution >= 0.6 is 0 Å². The van der Waals surface area contributed by atoms with E-state index in [0.29, 0.717) is 17.2 Å². The first-order chi connectivity index (χ1) is 8.16. The first-order valence-corrected chi connectivity index (χ1v) is 6.92. The molecule has 0 saturated heterocycles. The summed E-state index contributed by atoms with van der Waals surface area (Å²) in [6, 6.07) is 7.16. The number of fused-ring (bicyclic) bond motifs is 1. The molecular weight excluding hydrogens is 240 g/mol. The normalized spacial score (nSPS) is 14.7. The molecule has 0 aliphatic rings. The van der Waals surface area contributed by atoms with Crippen LogP contribution in [0.5, 0.6) is 5.88 Å². The molecule has 92 valence electrons. The third-order valence-corrected chi connectivity index (χ3v) is 3.12. The Labute approximate surface area is 101 Å². The van der Waals surface area contributed by atoms with Gasteiger partial charge in [-0.2, -0.15) is 0 Å². The van der Waals surface area contributed by atoms with Gasteiger partial charge in [-0.15, -0.1) is 0 Å². The Morgan fingerprint density at radius 2 is 2.29 bits per heavy atom. The van der Waals surface area contributed by atoms with Gasteiger partial charge in [0, 0.05) is 22.8 Å². The average Bonchev–Trinajstić information content (AvgIpc) is 2.69. The first kappa shape index (κ1) is 12.1. The monoisotopic (exact) mass is 254 g/mol. The highest BCUT2D eigenvalue weighted by atomic mass is 32.2. The molecule has 5 nitrogen and oxygen atoms in total. The van der Waals surface area contributed by atoms with Gasteiger partial charge in [0.25, 0.3) is 5.88 Å². The molecule has 0 aliphatic heterocycles. The summed E-state index contributed by atoms with van der Waals surface area (Å²) in [5, 5.41) is 4.63. The van der Waals surface area contributed by atoms with Crippen molar-refractivity contribution in [3.8, 4) is 5.88 Å². The quantitative estimate of drug-likeness (QED) is 0.858. The van der Waals surface area contributed by atoms with Crippen LogP contribution in [0.4, 0.5) is 0 Å². The van der Waals surface area contributed by atoms with Crippen molar-refractivity contribution in [2.45, 2.75) is 6.04 Å². The Kier molecular flexibility index (Phi) is 3.75. The molecule has 0 amide bonds. The Morgan fingerprint density at radius 3 is 3.06 bits per heavy atom. The van der Waals surface area contributed by atoms with Gasteiger partial charge in [0.15, 0.2) is 5.58 Å². The summed E-state index contributed by atoms with van der Waals surface area (Å²) in [4.78, 5) is 0. The summed E-state index contributed by atoms with van der Waals surface area (Å²) in [6.07, 6.45) is 1.62. The largest absolute Gasteiger partial charge is 0.473 e. The number of nitrogens with zero attached hydrogens (tertiary/aromatic N) is 1. The maximum atomic E-state index is 11.0. The summed E-state index contributed by atoms with van der Waals surface area (Å²) in [5.41, 5.74) is 6.43. The van der Waals surface area contributed by atoms with E-state index in [1.54, 1.807) is 6.26 Å². The first-order valence-electron chi connectivity index (χ1n) is 5.19. The molecule has 1 aromatic heterocycles. The van der Waals surface area contributed by atoms with Crippen LogP contribution in [0.1, 0.15) is 0 Å². The number of ether oxygens (including phenoxy) is 1. The Bertz CT molecular complexity index is 526. The number of benzene rings is 1. The molecule has 0 fully saturated rings. The molecule has 1 heterocycles. The van der Waals surface area contributed by atoms with E-state index in [1.165, 1.54) is 0 Å². The topological polar surface area (TPSA) is 78.4 Å². The van der Waals surface area contributed by atoms with E-state index in [0.717, 1.165) is 5.39 Å². The van der Waals surface area contributed by atoms with Gasteiger partial charge in [-0.25, -0.2) is 0 Å². The standard InChI is InChI=1S/C11H14N2O3S/c1-17(14)7-8(12)6-15-11-9-4-2-3-5-10(9)16-13-11/h2-5,8H,6-7,12H2,1H3. The molecule has 2 N–H and O–H groups in total. The molecule has 1 aromatic carbocycles. The lowest BCUT2D eigenvalue weighted by Crippen LogP contribution is -2.33. The smallest absolute Gasteiger partial charge is 0.262 e. The fourth-order valence-electron chi connectivity index (χ4n) is 1.50. The van der Waals surface area contributed by atoms with E-state index in [4.69, 9.17) is 15.0 Å². The zero-order valence-electron chi connectivity index (χ0n) is 9.46. The Balaban J connectivity index is 2.02. The molecule has 0 spiro atoms. The minimum atomic E-state index is -0.920. The number of aromatic nitrogens is 1. The molecular formula is C11H14N2O3S. The van der Waals surface area contributed by atoms with Gasteiger partial charge in [0.1, 0.15) is 6.61 Å². The van der Waals surface area contributed by atoms with Gasteiger partial charge < -0.3 is 15.0 Å². The lowest BCUT2D eigenvalue weighted by atomic mass is 10.3.